The summed E-state index contributed by atoms with van der Waals surface area (Å²) in [5.41, 5.74) is 6.51. The quantitative estimate of drug-likeness (QED) is 0.593. The SMILES string of the molecule is CCCc1nc(C(C)C)sc1C(=N)N. The molecule has 4 heteroatoms. The van der Waals surface area contributed by atoms with Crippen LogP contribution in [-0.4, -0.2) is 10.8 Å². The largest absolute Gasteiger partial charge is 0.383 e. The molecule has 0 aliphatic heterocycles. The van der Waals surface area contributed by atoms with Crippen molar-refractivity contribution < 1.29 is 0 Å². The van der Waals surface area contributed by atoms with E-state index in [1.54, 1.807) is 11.3 Å². The van der Waals surface area contributed by atoms with Gasteiger partial charge in [-0.1, -0.05) is 27.2 Å². The number of nitrogens with two attached hydrogens (primary N) is 1. The van der Waals surface area contributed by atoms with Gasteiger partial charge in [0.2, 0.25) is 0 Å². The Labute approximate surface area is 88.9 Å². The van der Waals surface area contributed by atoms with E-state index in [9.17, 15) is 0 Å². The normalized spacial score (nSPS) is 10.9. The smallest absolute Gasteiger partial charge is 0.135 e. The van der Waals surface area contributed by atoms with E-state index in [4.69, 9.17) is 11.1 Å². The van der Waals surface area contributed by atoms with Gasteiger partial charge in [-0.25, -0.2) is 4.98 Å². The average molecular weight is 211 g/mol. The van der Waals surface area contributed by atoms with E-state index in [1.807, 2.05) is 0 Å². The van der Waals surface area contributed by atoms with E-state index in [2.05, 4.69) is 25.8 Å². The Morgan fingerprint density at radius 3 is 2.64 bits per heavy atom. The lowest BCUT2D eigenvalue weighted by atomic mass is 10.2. The molecule has 0 aliphatic carbocycles. The number of aryl methyl sites for hydroxylation is 1. The zero-order chi connectivity index (χ0) is 10.7. The molecule has 0 atom stereocenters. The van der Waals surface area contributed by atoms with Crippen molar-refractivity contribution in [3.8, 4) is 0 Å². The van der Waals surface area contributed by atoms with Crippen LogP contribution in [0.4, 0.5) is 0 Å². The fraction of sp³-hybridized carbons (Fsp3) is 0.600. The fourth-order valence-electron chi connectivity index (χ4n) is 1.23. The van der Waals surface area contributed by atoms with Gasteiger partial charge >= 0.3 is 0 Å². The van der Waals surface area contributed by atoms with Gasteiger partial charge in [0, 0.05) is 5.92 Å². The molecule has 78 valence electrons. The summed E-state index contributed by atoms with van der Waals surface area (Å²) in [4.78, 5) is 5.38. The summed E-state index contributed by atoms with van der Waals surface area (Å²) in [7, 11) is 0. The van der Waals surface area contributed by atoms with E-state index in [0.717, 1.165) is 28.4 Å². The molecule has 0 bridgehead atoms. The van der Waals surface area contributed by atoms with Crippen LogP contribution in [0, 0.1) is 5.41 Å². The molecular formula is C10H17N3S. The molecule has 14 heavy (non-hydrogen) atoms. The van der Waals surface area contributed by atoms with Crippen molar-refractivity contribution in [3.63, 3.8) is 0 Å². The minimum absolute atomic E-state index is 0.151. The van der Waals surface area contributed by atoms with Crippen molar-refractivity contribution in [2.24, 2.45) is 5.73 Å². The minimum Gasteiger partial charge on any atom is -0.383 e. The summed E-state index contributed by atoms with van der Waals surface area (Å²) in [6.07, 6.45) is 1.96. The highest BCUT2D eigenvalue weighted by molar-refractivity contribution is 7.13. The van der Waals surface area contributed by atoms with E-state index >= 15 is 0 Å². The van der Waals surface area contributed by atoms with Crippen LogP contribution in [0.3, 0.4) is 0 Å². The molecule has 0 saturated heterocycles. The van der Waals surface area contributed by atoms with E-state index < -0.39 is 0 Å². The second-order valence-electron chi connectivity index (χ2n) is 3.65. The molecule has 3 nitrogen and oxygen atoms in total. The van der Waals surface area contributed by atoms with Gasteiger partial charge in [0.1, 0.15) is 5.84 Å². The Morgan fingerprint density at radius 2 is 2.21 bits per heavy atom. The molecule has 1 heterocycles. The Balaban J connectivity index is 3.05. The Bertz CT molecular complexity index is 328. The molecule has 1 aromatic heterocycles. The highest BCUT2D eigenvalue weighted by Crippen LogP contribution is 2.25. The van der Waals surface area contributed by atoms with Crippen LogP contribution in [0.5, 0.6) is 0 Å². The molecule has 0 saturated carbocycles. The number of hydrogen-bond donors (Lipinski definition) is 2. The zero-order valence-corrected chi connectivity index (χ0v) is 9.74. The van der Waals surface area contributed by atoms with E-state index in [0.29, 0.717) is 5.92 Å². The van der Waals surface area contributed by atoms with Gasteiger partial charge in [-0.3, -0.25) is 5.41 Å². The van der Waals surface area contributed by atoms with Gasteiger partial charge in [0.25, 0.3) is 0 Å². The standard InChI is InChI=1S/C10H17N3S/c1-4-5-7-8(9(11)12)14-10(13-7)6(2)3/h6H,4-5H2,1-3H3,(H3,11,12). The van der Waals surface area contributed by atoms with Crippen molar-refractivity contribution in [2.75, 3.05) is 0 Å². The van der Waals surface area contributed by atoms with Gasteiger partial charge in [-0.05, 0) is 6.42 Å². The Hall–Kier alpha value is -0.900. The van der Waals surface area contributed by atoms with Crippen molar-refractivity contribution in [1.29, 1.82) is 5.41 Å². The molecule has 0 radical (unpaired) electrons. The van der Waals surface area contributed by atoms with Crippen molar-refractivity contribution >= 4 is 17.2 Å². The second-order valence-corrected chi connectivity index (χ2v) is 4.68. The minimum atomic E-state index is 0.151. The molecule has 0 fully saturated rings. The highest BCUT2D eigenvalue weighted by Gasteiger charge is 2.14. The number of aromatic nitrogens is 1. The van der Waals surface area contributed by atoms with Gasteiger partial charge in [0.05, 0.1) is 15.6 Å². The monoisotopic (exact) mass is 211 g/mol. The lowest BCUT2D eigenvalue weighted by Crippen LogP contribution is -2.11. The molecule has 0 aliphatic rings. The number of nitrogens with zero attached hydrogens (tertiary/aromatic N) is 1. The number of rotatable bonds is 4. The number of hydrogen-bond acceptors (Lipinski definition) is 3. The first kappa shape index (κ1) is 11.2. The second kappa shape index (κ2) is 4.55. The van der Waals surface area contributed by atoms with Gasteiger partial charge in [-0.2, -0.15) is 0 Å². The molecule has 1 aromatic rings. The number of nitrogen functional groups attached to an aromatic ring is 1. The van der Waals surface area contributed by atoms with Crippen molar-refractivity contribution in [1.82, 2.24) is 4.98 Å². The molecule has 0 amide bonds. The third-order valence-electron chi connectivity index (χ3n) is 1.94. The van der Waals surface area contributed by atoms with Crippen LogP contribution in [0.1, 0.15) is 48.7 Å². The summed E-state index contributed by atoms with van der Waals surface area (Å²) in [6.45, 7) is 6.33. The molecule has 3 N–H and O–H groups in total. The first-order chi connectivity index (χ1) is 6.56. The fourth-order valence-corrected chi connectivity index (χ4v) is 2.21. The van der Waals surface area contributed by atoms with Crippen molar-refractivity contribution in [3.05, 3.63) is 15.6 Å². The number of amidine groups is 1. The lowest BCUT2D eigenvalue weighted by Gasteiger charge is -1.96. The third kappa shape index (κ3) is 2.32. The van der Waals surface area contributed by atoms with E-state index in [-0.39, 0.29) is 5.84 Å². The average Bonchev–Trinajstić information content (AvgIpc) is 2.49. The number of thiazole rings is 1. The maximum Gasteiger partial charge on any atom is 0.135 e. The van der Waals surface area contributed by atoms with Crippen LogP contribution in [0.2, 0.25) is 0 Å². The molecule has 0 spiro atoms. The highest BCUT2D eigenvalue weighted by atomic mass is 32.1. The first-order valence-corrected chi connectivity index (χ1v) is 5.71. The molecule has 0 unspecified atom stereocenters. The van der Waals surface area contributed by atoms with Crippen LogP contribution < -0.4 is 5.73 Å². The molecule has 1 rings (SSSR count). The van der Waals surface area contributed by atoms with Gasteiger partial charge in [-0.15, -0.1) is 11.3 Å². The predicted octanol–water partition coefficient (Wildman–Crippen LogP) is 2.50. The predicted molar refractivity (Wildman–Crippen MR) is 61.2 cm³/mol. The molecule has 0 aromatic carbocycles. The summed E-state index contributed by atoms with van der Waals surface area (Å²) in [6, 6.07) is 0. The molecular weight excluding hydrogens is 194 g/mol. The van der Waals surface area contributed by atoms with Gasteiger partial charge in [0.15, 0.2) is 0 Å². The van der Waals surface area contributed by atoms with Crippen LogP contribution >= 0.6 is 11.3 Å². The van der Waals surface area contributed by atoms with Gasteiger partial charge < -0.3 is 5.73 Å². The first-order valence-electron chi connectivity index (χ1n) is 4.90. The lowest BCUT2D eigenvalue weighted by molar-refractivity contribution is 0.821. The Kier molecular flexibility index (Phi) is 3.63. The van der Waals surface area contributed by atoms with Crippen LogP contribution in [0.25, 0.3) is 0 Å². The maximum atomic E-state index is 7.46. The summed E-state index contributed by atoms with van der Waals surface area (Å²) >= 11 is 1.55. The van der Waals surface area contributed by atoms with Crippen molar-refractivity contribution in [2.45, 2.75) is 39.5 Å². The summed E-state index contributed by atoms with van der Waals surface area (Å²) in [5, 5.41) is 8.54. The summed E-state index contributed by atoms with van der Waals surface area (Å²) in [5.74, 6) is 0.571. The van der Waals surface area contributed by atoms with Crippen LogP contribution in [-0.2, 0) is 6.42 Å². The van der Waals surface area contributed by atoms with Crippen LogP contribution in [0.15, 0.2) is 0 Å². The topological polar surface area (TPSA) is 62.8 Å². The third-order valence-corrected chi connectivity index (χ3v) is 3.37. The van der Waals surface area contributed by atoms with E-state index in [1.165, 1.54) is 0 Å². The number of nitrogens with one attached hydrogen (secondary N) is 1. The maximum absolute atomic E-state index is 7.46. The zero-order valence-electron chi connectivity index (χ0n) is 8.92. The summed E-state index contributed by atoms with van der Waals surface area (Å²) < 4.78 is 0. The Morgan fingerprint density at radius 1 is 1.57 bits per heavy atom.